The molecule has 2 atom stereocenters. The van der Waals surface area contributed by atoms with Crippen molar-refractivity contribution in [2.45, 2.75) is 26.8 Å². The van der Waals surface area contributed by atoms with Crippen LogP contribution in [0.4, 0.5) is 4.39 Å². The first-order chi connectivity index (χ1) is 7.95. The van der Waals surface area contributed by atoms with Crippen molar-refractivity contribution < 1.29 is 9.18 Å². The summed E-state index contributed by atoms with van der Waals surface area (Å²) < 4.78 is 12.9. The lowest BCUT2D eigenvalue weighted by Crippen LogP contribution is -2.37. The molecule has 0 heterocycles. The fraction of sp³-hybridized carbons (Fsp3) is 0.462. The maximum absolute atomic E-state index is 12.9. The Labute approximate surface area is 110 Å². The fourth-order valence-corrected chi connectivity index (χ4v) is 2.00. The third kappa shape index (κ3) is 3.80. The standard InChI is InChI=1S/C13H17BrFNO/c1-8-6-11(15)4-5-12(8)13(17)16-10(3)9(2)7-14/h4-6,9-10H,7H2,1-3H3,(H,16,17). The first kappa shape index (κ1) is 14.2. The van der Waals surface area contributed by atoms with Crippen LogP contribution in [0.5, 0.6) is 0 Å². The zero-order valence-electron chi connectivity index (χ0n) is 10.3. The van der Waals surface area contributed by atoms with Gasteiger partial charge in [-0.05, 0) is 43.5 Å². The monoisotopic (exact) mass is 301 g/mol. The van der Waals surface area contributed by atoms with E-state index in [-0.39, 0.29) is 17.8 Å². The molecule has 1 N–H and O–H groups in total. The van der Waals surface area contributed by atoms with Crippen molar-refractivity contribution in [3.63, 3.8) is 0 Å². The third-order valence-electron chi connectivity index (χ3n) is 2.89. The summed E-state index contributed by atoms with van der Waals surface area (Å²) in [5.74, 6) is -0.122. The van der Waals surface area contributed by atoms with E-state index in [0.717, 1.165) is 5.33 Å². The van der Waals surface area contributed by atoms with Crippen LogP contribution in [0.3, 0.4) is 0 Å². The topological polar surface area (TPSA) is 29.1 Å². The van der Waals surface area contributed by atoms with Crippen LogP contribution in [0.2, 0.25) is 0 Å². The normalized spacial score (nSPS) is 14.2. The first-order valence-corrected chi connectivity index (χ1v) is 6.70. The van der Waals surface area contributed by atoms with E-state index in [1.807, 2.05) is 6.92 Å². The molecule has 1 rings (SSSR count). The smallest absolute Gasteiger partial charge is 0.251 e. The van der Waals surface area contributed by atoms with Crippen molar-refractivity contribution in [3.8, 4) is 0 Å². The largest absolute Gasteiger partial charge is 0.349 e. The Morgan fingerprint density at radius 3 is 2.65 bits per heavy atom. The quantitative estimate of drug-likeness (QED) is 0.850. The molecule has 1 aromatic carbocycles. The SMILES string of the molecule is Cc1cc(F)ccc1C(=O)NC(C)C(C)CBr. The van der Waals surface area contributed by atoms with E-state index in [1.165, 1.54) is 18.2 Å². The summed E-state index contributed by atoms with van der Waals surface area (Å²) in [5.41, 5.74) is 1.18. The van der Waals surface area contributed by atoms with E-state index in [0.29, 0.717) is 17.0 Å². The molecular formula is C13H17BrFNO. The van der Waals surface area contributed by atoms with Gasteiger partial charge in [-0.1, -0.05) is 22.9 Å². The number of carbonyl (C=O) groups excluding carboxylic acids is 1. The van der Waals surface area contributed by atoms with Crippen LogP contribution in [0.1, 0.15) is 29.8 Å². The molecule has 0 saturated carbocycles. The number of benzene rings is 1. The fourth-order valence-electron chi connectivity index (χ4n) is 1.44. The highest BCUT2D eigenvalue weighted by molar-refractivity contribution is 9.09. The molecule has 0 bridgehead atoms. The molecule has 17 heavy (non-hydrogen) atoms. The van der Waals surface area contributed by atoms with Gasteiger partial charge in [-0.25, -0.2) is 4.39 Å². The van der Waals surface area contributed by atoms with Gasteiger partial charge in [-0.2, -0.15) is 0 Å². The van der Waals surface area contributed by atoms with E-state index in [4.69, 9.17) is 0 Å². The molecule has 0 aliphatic rings. The molecule has 2 unspecified atom stereocenters. The average Bonchev–Trinajstić information content (AvgIpc) is 2.27. The molecule has 0 spiro atoms. The number of amides is 1. The van der Waals surface area contributed by atoms with Gasteiger partial charge in [0.25, 0.3) is 5.91 Å². The second kappa shape index (κ2) is 6.15. The minimum Gasteiger partial charge on any atom is -0.349 e. The summed E-state index contributed by atoms with van der Waals surface area (Å²) in [6.07, 6.45) is 0. The van der Waals surface area contributed by atoms with Gasteiger partial charge >= 0.3 is 0 Å². The van der Waals surface area contributed by atoms with Crippen LogP contribution in [-0.2, 0) is 0 Å². The maximum atomic E-state index is 12.9. The van der Waals surface area contributed by atoms with Crippen LogP contribution < -0.4 is 5.32 Å². The van der Waals surface area contributed by atoms with Crippen LogP contribution in [0.25, 0.3) is 0 Å². The van der Waals surface area contributed by atoms with Gasteiger partial charge in [0.05, 0.1) is 0 Å². The summed E-state index contributed by atoms with van der Waals surface area (Å²) in [7, 11) is 0. The zero-order chi connectivity index (χ0) is 13.0. The van der Waals surface area contributed by atoms with Gasteiger partial charge in [0.2, 0.25) is 0 Å². The Morgan fingerprint density at radius 2 is 2.12 bits per heavy atom. The summed E-state index contributed by atoms with van der Waals surface area (Å²) in [4.78, 5) is 12.0. The predicted molar refractivity (Wildman–Crippen MR) is 71.0 cm³/mol. The maximum Gasteiger partial charge on any atom is 0.251 e. The molecule has 4 heteroatoms. The van der Waals surface area contributed by atoms with Crippen molar-refractivity contribution in [2.24, 2.45) is 5.92 Å². The Balaban J connectivity index is 2.76. The lowest BCUT2D eigenvalue weighted by Gasteiger charge is -2.19. The molecule has 0 saturated heterocycles. The van der Waals surface area contributed by atoms with Crippen LogP contribution >= 0.6 is 15.9 Å². The van der Waals surface area contributed by atoms with E-state index in [9.17, 15) is 9.18 Å². The molecule has 0 aliphatic carbocycles. The van der Waals surface area contributed by atoms with E-state index < -0.39 is 0 Å². The zero-order valence-corrected chi connectivity index (χ0v) is 11.8. The second-order valence-electron chi connectivity index (χ2n) is 4.35. The lowest BCUT2D eigenvalue weighted by atomic mass is 10.0. The molecule has 2 nitrogen and oxygen atoms in total. The molecular weight excluding hydrogens is 285 g/mol. The molecule has 94 valence electrons. The molecule has 1 aromatic rings. The van der Waals surface area contributed by atoms with Crippen molar-refractivity contribution in [2.75, 3.05) is 5.33 Å². The van der Waals surface area contributed by atoms with Gasteiger partial charge in [0, 0.05) is 16.9 Å². The number of rotatable bonds is 4. The third-order valence-corrected chi connectivity index (χ3v) is 3.91. The highest BCUT2D eigenvalue weighted by Gasteiger charge is 2.16. The predicted octanol–water partition coefficient (Wildman–Crippen LogP) is 3.28. The number of hydrogen-bond acceptors (Lipinski definition) is 1. The Bertz CT molecular complexity index is 408. The molecule has 1 amide bonds. The van der Waals surface area contributed by atoms with Crippen LogP contribution in [0.15, 0.2) is 18.2 Å². The summed E-state index contributed by atoms with van der Waals surface area (Å²) in [6, 6.07) is 4.27. The number of alkyl halides is 1. The van der Waals surface area contributed by atoms with Crippen LogP contribution in [-0.4, -0.2) is 17.3 Å². The average molecular weight is 302 g/mol. The lowest BCUT2D eigenvalue weighted by molar-refractivity contribution is 0.0930. The molecule has 0 fully saturated rings. The Kier molecular flexibility index (Phi) is 5.12. The number of hydrogen-bond donors (Lipinski definition) is 1. The van der Waals surface area contributed by atoms with Gasteiger partial charge in [-0.15, -0.1) is 0 Å². The van der Waals surface area contributed by atoms with Crippen molar-refractivity contribution in [1.29, 1.82) is 0 Å². The van der Waals surface area contributed by atoms with Crippen molar-refractivity contribution >= 4 is 21.8 Å². The molecule has 0 aliphatic heterocycles. The van der Waals surface area contributed by atoms with E-state index >= 15 is 0 Å². The highest BCUT2D eigenvalue weighted by atomic mass is 79.9. The number of nitrogens with one attached hydrogen (secondary N) is 1. The summed E-state index contributed by atoms with van der Waals surface area (Å²) >= 11 is 3.38. The number of halogens is 2. The molecule has 0 aromatic heterocycles. The number of aryl methyl sites for hydroxylation is 1. The van der Waals surface area contributed by atoms with Gasteiger partial charge in [0.15, 0.2) is 0 Å². The summed E-state index contributed by atoms with van der Waals surface area (Å²) in [5, 5.41) is 3.75. The first-order valence-electron chi connectivity index (χ1n) is 5.58. The summed E-state index contributed by atoms with van der Waals surface area (Å²) in [6.45, 7) is 5.75. The second-order valence-corrected chi connectivity index (χ2v) is 5.00. The Morgan fingerprint density at radius 1 is 1.47 bits per heavy atom. The Hall–Kier alpha value is -0.900. The minimum atomic E-state index is -0.319. The number of carbonyl (C=O) groups is 1. The minimum absolute atomic E-state index is 0.0753. The van der Waals surface area contributed by atoms with Gasteiger partial charge < -0.3 is 5.32 Å². The van der Waals surface area contributed by atoms with Crippen LogP contribution in [0, 0.1) is 18.7 Å². The van der Waals surface area contributed by atoms with Crippen molar-refractivity contribution in [3.05, 3.63) is 35.1 Å². The van der Waals surface area contributed by atoms with Crippen molar-refractivity contribution in [1.82, 2.24) is 5.32 Å². The van der Waals surface area contributed by atoms with E-state index in [2.05, 4.69) is 28.2 Å². The van der Waals surface area contributed by atoms with E-state index in [1.54, 1.807) is 6.92 Å². The van der Waals surface area contributed by atoms with Gasteiger partial charge in [0.1, 0.15) is 5.82 Å². The molecule has 0 radical (unpaired) electrons. The van der Waals surface area contributed by atoms with Gasteiger partial charge in [-0.3, -0.25) is 4.79 Å². The highest BCUT2D eigenvalue weighted by Crippen LogP contribution is 2.12.